The van der Waals surface area contributed by atoms with Crippen LogP contribution in [0.15, 0.2) is 41.8 Å². The first kappa shape index (κ1) is 23.1. The van der Waals surface area contributed by atoms with E-state index in [0.29, 0.717) is 6.42 Å². The summed E-state index contributed by atoms with van der Waals surface area (Å²) in [5.41, 5.74) is 1.01. The van der Waals surface area contributed by atoms with Crippen LogP contribution in [-0.2, 0) is 18.7 Å². The molecule has 4 nitrogen and oxygen atoms in total. The SMILES string of the molecule is C=CCC(O[Si](C)(C)C(C)(C)C)C(C)COS(=O)(=O)c1ccc(C)cc1. The number of rotatable bonds is 9. The van der Waals surface area contributed by atoms with Gasteiger partial charge in [0.1, 0.15) is 0 Å². The van der Waals surface area contributed by atoms with Crippen LogP contribution in [0.5, 0.6) is 0 Å². The predicted octanol–water partition coefficient (Wildman–Crippen LogP) is 5.30. The molecule has 0 saturated carbocycles. The summed E-state index contributed by atoms with van der Waals surface area (Å²) in [4.78, 5) is 0.181. The van der Waals surface area contributed by atoms with Crippen LogP contribution in [0.1, 0.15) is 39.7 Å². The van der Waals surface area contributed by atoms with E-state index in [9.17, 15) is 8.42 Å². The van der Waals surface area contributed by atoms with Crippen molar-refractivity contribution in [3.05, 3.63) is 42.5 Å². The molecule has 0 aliphatic rings. The average Bonchev–Trinajstić information content (AvgIpc) is 2.51. The molecule has 0 amide bonds. The van der Waals surface area contributed by atoms with Crippen molar-refractivity contribution in [2.24, 2.45) is 5.92 Å². The Labute approximate surface area is 160 Å². The van der Waals surface area contributed by atoms with E-state index in [1.54, 1.807) is 24.3 Å². The van der Waals surface area contributed by atoms with Crippen molar-refractivity contribution >= 4 is 18.4 Å². The lowest BCUT2D eigenvalue weighted by molar-refractivity contribution is 0.0966. The first-order valence-electron chi connectivity index (χ1n) is 9.05. The Morgan fingerprint density at radius 3 is 2.19 bits per heavy atom. The third-order valence-corrected chi connectivity index (χ3v) is 10.9. The molecule has 1 aromatic carbocycles. The maximum absolute atomic E-state index is 12.4. The van der Waals surface area contributed by atoms with Gasteiger partial charge in [0.2, 0.25) is 0 Å². The molecule has 6 heteroatoms. The fourth-order valence-electron chi connectivity index (χ4n) is 2.19. The third kappa shape index (κ3) is 6.34. The Morgan fingerprint density at radius 1 is 1.19 bits per heavy atom. The van der Waals surface area contributed by atoms with E-state index < -0.39 is 18.4 Å². The molecular weight excluding hydrogens is 364 g/mol. The van der Waals surface area contributed by atoms with Gasteiger partial charge in [0.15, 0.2) is 8.32 Å². The Kier molecular flexibility index (Phi) is 7.83. The number of benzene rings is 1. The summed E-state index contributed by atoms with van der Waals surface area (Å²) in [6.45, 7) is 18.7. The van der Waals surface area contributed by atoms with Crippen LogP contribution in [0.2, 0.25) is 18.1 Å². The lowest BCUT2D eigenvalue weighted by atomic mass is 10.0. The second-order valence-electron chi connectivity index (χ2n) is 8.47. The smallest absolute Gasteiger partial charge is 0.296 e. The lowest BCUT2D eigenvalue weighted by Crippen LogP contribution is -2.46. The van der Waals surface area contributed by atoms with Crippen LogP contribution in [0, 0.1) is 12.8 Å². The molecule has 148 valence electrons. The zero-order valence-corrected chi connectivity index (χ0v) is 19.0. The molecule has 0 aliphatic heterocycles. The molecule has 0 N–H and O–H groups in total. The van der Waals surface area contributed by atoms with E-state index >= 15 is 0 Å². The average molecular weight is 399 g/mol. The molecule has 1 rings (SSSR count). The maximum Gasteiger partial charge on any atom is 0.296 e. The van der Waals surface area contributed by atoms with E-state index in [-0.39, 0.29) is 28.6 Å². The Morgan fingerprint density at radius 2 is 1.73 bits per heavy atom. The van der Waals surface area contributed by atoms with Crippen LogP contribution >= 0.6 is 0 Å². The summed E-state index contributed by atoms with van der Waals surface area (Å²) in [7, 11) is -5.73. The van der Waals surface area contributed by atoms with Gasteiger partial charge in [-0.3, -0.25) is 4.18 Å². The minimum atomic E-state index is -3.76. The monoisotopic (exact) mass is 398 g/mol. The highest BCUT2D eigenvalue weighted by atomic mass is 32.2. The zero-order chi connectivity index (χ0) is 20.2. The topological polar surface area (TPSA) is 52.6 Å². The Bertz CT molecular complexity index is 688. The highest BCUT2D eigenvalue weighted by Crippen LogP contribution is 2.38. The van der Waals surface area contributed by atoms with Crippen LogP contribution in [0.3, 0.4) is 0 Å². The molecule has 0 spiro atoms. The highest BCUT2D eigenvalue weighted by molar-refractivity contribution is 7.86. The van der Waals surface area contributed by atoms with Crippen molar-refractivity contribution in [3.63, 3.8) is 0 Å². The standard InChI is InChI=1S/C20H34O4SSi/c1-9-10-19(24-26(7,8)20(4,5)6)17(3)15-23-25(21,22)18-13-11-16(2)12-14-18/h9,11-14,17,19H,1,10,15H2,2-8H3. The zero-order valence-electron chi connectivity index (χ0n) is 17.2. The van der Waals surface area contributed by atoms with E-state index in [1.807, 2.05) is 19.9 Å². The van der Waals surface area contributed by atoms with Crippen molar-refractivity contribution in [1.82, 2.24) is 0 Å². The number of hydrogen-bond donors (Lipinski definition) is 0. The second-order valence-corrected chi connectivity index (χ2v) is 14.8. The normalized spacial score (nSPS) is 15.5. The van der Waals surface area contributed by atoms with Gasteiger partial charge in [-0.05, 0) is 43.6 Å². The second kappa shape index (κ2) is 8.82. The predicted molar refractivity (Wildman–Crippen MR) is 110 cm³/mol. The molecule has 2 unspecified atom stereocenters. The van der Waals surface area contributed by atoms with Gasteiger partial charge >= 0.3 is 0 Å². The number of hydrogen-bond acceptors (Lipinski definition) is 4. The molecule has 0 fully saturated rings. The lowest BCUT2D eigenvalue weighted by Gasteiger charge is -2.40. The van der Waals surface area contributed by atoms with Crippen LogP contribution in [0.4, 0.5) is 0 Å². The molecular formula is C20H34O4SSi. The molecule has 0 heterocycles. The number of aryl methyl sites for hydroxylation is 1. The van der Waals surface area contributed by atoms with Gasteiger partial charge in [-0.25, -0.2) is 0 Å². The summed E-state index contributed by atoms with van der Waals surface area (Å²) >= 11 is 0. The van der Waals surface area contributed by atoms with Crippen molar-refractivity contribution in [3.8, 4) is 0 Å². The van der Waals surface area contributed by atoms with E-state index in [0.717, 1.165) is 5.56 Å². The maximum atomic E-state index is 12.4. The van der Waals surface area contributed by atoms with Crippen molar-refractivity contribution in [1.29, 1.82) is 0 Å². The summed E-state index contributed by atoms with van der Waals surface area (Å²) < 4.78 is 36.6. The van der Waals surface area contributed by atoms with Crippen molar-refractivity contribution < 1.29 is 17.0 Å². The molecule has 0 bridgehead atoms. The fourth-order valence-corrected chi connectivity index (χ4v) is 4.63. The van der Waals surface area contributed by atoms with E-state index in [4.69, 9.17) is 8.61 Å². The van der Waals surface area contributed by atoms with Crippen molar-refractivity contribution in [2.45, 2.75) is 70.2 Å². The van der Waals surface area contributed by atoms with Gasteiger partial charge in [0, 0.05) is 5.92 Å². The first-order valence-corrected chi connectivity index (χ1v) is 13.4. The van der Waals surface area contributed by atoms with Crippen LogP contribution in [-0.4, -0.2) is 29.4 Å². The molecule has 0 aromatic heterocycles. The largest absolute Gasteiger partial charge is 0.413 e. The fraction of sp³-hybridized carbons (Fsp3) is 0.600. The van der Waals surface area contributed by atoms with Crippen LogP contribution in [0.25, 0.3) is 0 Å². The van der Waals surface area contributed by atoms with Crippen molar-refractivity contribution in [2.75, 3.05) is 6.61 Å². The summed E-state index contributed by atoms with van der Waals surface area (Å²) in [5.74, 6) is -0.0673. The van der Waals surface area contributed by atoms with E-state index in [1.165, 1.54) is 0 Å². The Balaban J connectivity index is 2.83. The summed E-state index contributed by atoms with van der Waals surface area (Å²) in [6.07, 6.45) is 2.38. The first-order chi connectivity index (χ1) is 11.8. The minimum Gasteiger partial charge on any atom is -0.413 e. The van der Waals surface area contributed by atoms with Gasteiger partial charge in [-0.15, -0.1) is 6.58 Å². The quantitative estimate of drug-likeness (QED) is 0.322. The summed E-state index contributed by atoms with van der Waals surface area (Å²) in [5, 5.41) is 0.0843. The molecule has 26 heavy (non-hydrogen) atoms. The molecule has 0 aliphatic carbocycles. The molecule has 0 saturated heterocycles. The van der Waals surface area contributed by atoms with Gasteiger partial charge < -0.3 is 4.43 Å². The third-order valence-electron chi connectivity index (χ3n) is 5.08. The van der Waals surface area contributed by atoms with Gasteiger partial charge in [0.05, 0.1) is 17.6 Å². The van der Waals surface area contributed by atoms with E-state index in [2.05, 4.69) is 40.4 Å². The molecule has 0 radical (unpaired) electrons. The minimum absolute atomic E-state index is 0.0673. The van der Waals surface area contributed by atoms with Gasteiger partial charge in [-0.2, -0.15) is 8.42 Å². The highest BCUT2D eigenvalue weighted by Gasteiger charge is 2.40. The van der Waals surface area contributed by atoms with Crippen LogP contribution < -0.4 is 0 Å². The molecule has 1 aromatic rings. The molecule has 2 atom stereocenters. The van der Waals surface area contributed by atoms with Gasteiger partial charge in [-0.1, -0.05) is 51.5 Å². The Hall–Kier alpha value is -0.953. The van der Waals surface area contributed by atoms with Gasteiger partial charge in [0.25, 0.3) is 10.1 Å². The summed E-state index contributed by atoms with van der Waals surface area (Å²) in [6, 6.07) is 6.67.